The van der Waals surface area contributed by atoms with Crippen LogP contribution in [0.1, 0.15) is 13.8 Å². The summed E-state index contributed by atoms with van der Waals surface area (Å²) >= 11 is 6.18. The molecule has 0 radical (unpaired) electrons. The molecule has 154 valence electrons. The highest BCUT2D eigenvalue weighted by atomic mass is 35.5. The maximum atomic E-state index is 12.5. The Morgan fingerprint density at radius 2 is 2.03 bits per heavy atom. The van der Waals surface area contributed by atoms with E-state index in [1.165, 1.54) is 4.90 Å². The second-order valence-electron chi connectivity index (χ2n) is 7.16. The maximum absolute atomic E-state index is 12.5. The molecule has 29 heavy (non-hydrogen) atoms. The molecule has 3 aliphatic heterocycles. The summed E-state index contributed by atoms with van der Waals surface area (Å²) in [5.74, 6) is 1.000. The van der Waals surface area contributed by atoms with Gasteiger partial charge in [-0.2, -0.15) is 0 Å². The number of carbonyl (C=O) groups excluding carboxylic acids is 2. The largest absolute Gasteiger partial charge is 0.495 e. The van der Waals surface area contributed by atoms with Gasteiger partial charge < -0.3 is 19.9 Å². The summed E-state index contributed by atoms with van der Waals surface area (Å²) < 4.78 is 5.17. The third kappa shape index (κ3) is 3.05. The summed E-state index contributed by atoms with van der Waals surface area (Å²) in [6.07, 6.45) is -0.523. The van der Waals surface area contributed by atoms with Crippen molar-refractivity contribution in [1.82, 2.24) is 20.0 Å². The van der Waals surface area contributed by atoms with E-state index in [2.05, 4.69) is 15.5 Å². The monoisotopic (exact) mass is 418 g/mol. The Balaban J connectivity index is 1.49. The molecule has 3 amide bonds. The normalized spacial score (nSPS) is 23.2. The molecule has 10 heteroatoms. The van der Waals surface area contributed by atoms with Crippen LogP contribution in [0.25, 0.3) is 0 Å². The molecule has 2 atom stereocenters. The molecule has 1 aromatic rings. The van der Waals surface area contributed by atoms with Crippen molar-refractivity contribution in [2.45, 2.75) is 26.1 Å². The first-order chi connectivity index (χ1) is 13.8. The summed E-state index contributed by atoms with van der Waals surface area (Å²) in [6, 6.07) is 4.57. The van der Waals surface area contributed by atoms with Crippen molar-refractivity contribution in [2.75, 3.05) is 32.6 Å². The van der Waals surface area contributed by atoms with Gasteiger partial charge in [0, 0.05) is 37.2 Å². The van der Waals surface area contributed by atoms with Crippen LogP contribution in [0.2, 0.25) is 5.02 Å². The van der Waals surface area contributed by atoms with Gasteiger partial charge in [-0.1, -0.05) is 11.6 Å². The van der Waals surface area contributed by atoms with Crippen LogP contribution in [0.15, 0.2) is 34.6 Å². The van der Waals surface area contributed by atoms with E-state index in [9.17, 15) is 9.59 Å². The average Bonchev–Trinajstić information content (AvgIpc) is 3.18. The summed E-state index contributed by atoms with van der Waals surface area (Å²) in [5, 5.41) is 6.29. The first-order valence-corrected chi connectivity index (χ1v) is 9.68. The number of anilines is 1. The molecule has 4 rings (SSSR count). The van der Waals surface area contributed by atoms with Crippen LogP contribution in [-0.4, -0.2) is 72.1 Å². The zero-order valence-corrected chi connectivity index (χ0v) is 17.4. The lowest BCUT2D eigenvalue weighted by atomic mass is 10.1. The molecule has 0 spiro atoms. The van der Waals surface area contributed by atoms with Crippen LogP contribution >= 0.6 is 11.6 Å². The lowest BCUT2D eigenvalue weighted by molar-refractivity contribution is -0.126. The molecule has 2 unspecified atom stereocenters. The Labute approximate surface area is 173 Å². The molecule has 1 saturated heterocycles. The number of likely N-dealkylation sites (N-methyl/N-ethyl adjacent to an activating group) is 1. The van der Waals surface area contributed by atoms with Crippen LogP contribution < -0.4 is 15.4 Å². The zero-order chi connectivity index (χ0) is 20.9. The molecule has 1 aromatic carbocycles. The Hall–Kier alpha value is -2.94. The Morgan fingerprint density at radius 1 is 1.28 bits per heavy atom. The second-order valence-corrected chi connectivity index (χ2v) is 7.57. The SMILES string of the molecule is COc1ccc(NCCN2C3=NC4C(C(=O)NC(=O)N4C)N3C(C)=C2C)cc1Cl. The lowest BCUT2D eigenvalue weighted by Crippen LogP contribution is -2.63. The number of hydrogen-bond acceptors (Lipinski definition) is 7. The van der Waals surface area contributed by atoms with Crippen molar-refractivity contribution >= 4 is 35.2 Å². The molecular weight excluding hydrogens is 396 g/mol. The minimum absolute atomic E-state index is 0.322. The number of allylic oxidation sites excluding steroid dienone is 2. The van der Waals surface area contributed by atoms with Crippen molar-refractivity contribution in [3.05, 3.63) is 34.6 Å². The van der Waals surface area contributed by atoms with Gasteiger partial charge in [0.05, 0.1) is 12.1 Å². The number of ether oxygens (including phenoxy) is 1. The summed E-state index contributed by atoms with van der Waals surface area (Å²) in [7, 11) is 3.23. The fourth-order valence-corrected chi connectivity index (χ4v) is 4.14. The lowest BCUT2D eigenvalue weighted by Gasteiger charge is -2.35. The number of benzene rings is 1. The highest BCUT2D eigenvalue weighted by molar-refractivity contribution is 6.32. The molecular formula is C19H23ClN6O3. The number of guanidine groups is 1. The third-order valence-electron chi connectivity index (χ3n) is 5.59. The standard InChI is InChI=1S/C19H23ClN6O3/c1-10-11(2)26-15-16(24(3)19(28)23-17(15)27)22-18(26)25(10)8-7-21-12-5-6-14(29-4)13(20)9-12/h5-6,9,15-16,21H,7-8H2,1-4H3,(H,23,27,28). The molecule has 0 aliphatic carbocycles. The number of urea groups is 1. The number of aliphatic imine (C=N–C) groups is 1. The zero-order valence-electron chi connectivity index (χ0n) is 16.7. The number of amides is 3. The highest BCUT2D eigenvalue weighted by Crippen LogP contribution is 2.36. The summed E-state index contributed by atoms with van der Waals surface area (Å²) in [5.41, 5.74) is 2.88. The Bertz CT molecular complexity index is 946. The minimum Gasteiger partial charge on any atom is -0.495 e. The number of fused-ring (bicyclic) bond motifs is 3. The van der Waals surface area contributed by atoms with E-state index in [4.69, 9.17) is 21.3 Å². The number of nitrogens with zero attached hydrogens (tertiary/aromatic N) is 4. The van der Waals surface area contributed by atoms with Gasteiger partial charge in [0.15, 0.2) is 12.2 Å². The highest BCUT2D eigenvalue weighted by Gasteiger charge is 2.52. The van der Waals surface area contributed by atoms with Crippen molar-refractivity contribution < 1.29 is 14.3 Å². The van der Waals surface area contributed by atoms with Crippen molar-refractivity contribution in [2.24, 2.45) is 4.99 Å². The summed E-state index contributed by atoms with van der Waals surface area (Å²) in [4.78, 5) is 34.6. The van der Waals surface area contributed by atoms with Crippen molar-refractivity contribution in [3.63, 3.8) is 0 Å². The molecule has 3 heterocycles. The van der Waals surface area contributed by atoms with Crippen molar-refractivity contribution in [3.8, 4) is 5.75 Å². The van der Waals surface area contributed by atoms with Gasteiger partial charge in [0.2, 0.25) is 5.96 Å². The quantitative estimate of drug-likeness (QED) is 0.758. The number of hydrogen-bond donors (Lipinski definition) is 2. The maximum Gasteiger partial charge on any atom is 0.325 e. The van der Waals surface area contributed by atoms with Gasteiger partial charge in [-0.15, -0.1) is 0 Å². The van der Waals surface area contributed by atoms with Gasteiger partial charge in [-0.25, -0.2) is 9.79 Å². The van der Waals surface area contributed by atoms with Crippen LogP contribution in [0.3, 0.4) is 0 Å². The van der Waals surface area contributed by atoms with Crippen LogP contribution in [-0.2, 0) is 4.79 Å². The number of halogens is 1. The number of rotatable bonds is 5. The molecule has 1 fully saturated rings. The molecule has 9 nitrogen and oxygen atoms in total. The van der Waals surface area contributed by atoms with E-state index in [1.54, 1.807) is 14.2 Å². The predicted octanol–water partition coefficient (Wildman–Crippen LogP) is 1.88. The van der Waals surface area contributed by atoms with E-state index < -0.39 is 18.2 Å². The van der Waals surface area contributed by atoms with Crippen molar-refractivity contribution in [1.29, 1.82) is 0 Å². The minimum atomic E-state index is -0.541. The first kappa shape index (κ1) is 19.4. The topological polar surface area (TPSA) is 89.5 Å². The number of methoxy groups -OCH3 is 1. The number of nitrogens with one attached hydrogen (secondary N) is 2. The van der Waals surface area contributed by atoms with E-state index in [0.29, 0.717) is 29.8 Å². The molecule has 0 aromatic heterocycles. The van der Waals surface area contributed by atoms with Gasteiger partial charge >= 0.3 is 6.03 Å². The fourth-order valence-electron chi connectivity index (χ4n) is 3.88. The third-order valence-corrected chi connectivity index (χ3v) is 5.88. The van der Waals surface area contributed by atoms with Crippen LogP contribution in [0.5, 0.6) is 5.75 Å². The fraction of sp³-hybridized carbons (Fsp3) is 0.421. The van der Waals surface area contributed by atoms with Gasteiger partial charge in [-0.3, -0.25) is 15.0 Å². The average molecular weight is 419 g/mol. The van der Waals surface area contributed by atoms with Crippen LogP contribution in [0, 0.1) is 0 Å². The van der Waals surface area contributed by atoms with Gasteiger partial charge in [0.1, 0.15) is 5.75 Å². The second kappa shape index (κ2) is 7.14. The molecule has 2 N–H and O–H groups in total. The molecule has 3 aliphatic rings. The molecule has 0 saturated carbocycles. The number of imide groups is 1. The Kier molecular flexibility index (Phi) is 4.77. The number of carbonyl (C=O) groups is 2. The van der Waals surface area contributed by atoms with E-state index in [1.807, 2.05) is 36.9 Å². The van der Waals surface area contributed by atoms with Gasteiger partial charge in [0.25, 0.3) is 5.91 Å². The molecule has 0 bridgehead atoms. The predicted molar refractivity (Wildman–Crippen MR) is 110 cm³/mol. The summed E-state index contributed by atoms with van der Waals surface area (Å²) in [6.45, 7) is 5.25. The smallest absolute Gasteiger partial charge is 0.325 e. The first-order valence-electron chi connectivity index (χ1n) is 9.30. The van der Waals surface area contributed by atoms with E-state index in [-0.39, 0.29) is 5.91 Å². The van der Waals surface area contributed by atoms with Gasteiger partial charge in [-0.05, 0) is 32.0 Å². The Morgan fingerprint density at radius 3 is 2.72 bits per heavy atom. The van der Waals surface area contributed by atoms with Crippen LogP contribution in [0.4, 0.5) is 10.5 Å². The van der Waals surface area contributed by atoms with E-state index in [0.717, 1.165) is 17.1 Å². The van der Waals surface area contributed by atoms with E-state index >= 15 is 0 Å².